The Balaban J connectivity index is 1.42. The van der Waals surface area contributed by atoms with Gasteiger partial charge in [0.15, 0.2) is 0 Å². The lowest BCUT2D eigenvalue weighted by Crippen LogP contribution is -2.26. The topological polar surface area (TPSA) is 79.6 Å². The molecule has 0 bridgehead atoms. The summed E-state index contributed by atoms with van der Waals surface area (Å²) in [5.41, 5.74) is 4.58. The number of ether oxygens (including phenoxy) is 1. The minimum absolute atomic E-state index is 0.0991. The summed E-state index contributed by atoms with van der Waals surface area (Å²) in [6.45, 7) is 2.00. The highest BCUT2D eigenvalue weighted by Gasteiger charge is 2.22. The lowest BCUT2D eigenvalue weighted by atomic mass is 9.95. The Kier molecular flexibility index (Phi) is 5.05. The van der Waals surface area contributed by atoms with Crippen molar-refractivity contribution >= 4 is 45.5 Å². The van der Waals surface area contributed by atoms with Crippen LogP contribution < -0.4 is 10.1 Å². The summed E-state index contributed by atoms with van der Waals surface area (Å²) in [4.78, 5) is 13.7. The summed E-state index contributed by atoms with van der Waals surface area (Å²) in [5, 5.41) is 14.6. The van der Waals surface area contributed by atoms with E-state index in [1.54, 1.807) is 6.20 Å². The molecule has 6 nitrogen and oxygen atoms in total. The Morgan fingerprint density at radius 2 is 2.00 bits per heavy atom. The average molecular weight is 423 g/mol. The van der Waals surface area contributed by atoms with Crippen LogP contribution in [-0.2, 0) is 6.42 Å². The molecule has 7 heteroatoms. The molecule has 2 aromatic carbocycles. The van der Waals surface area contributed by atoms with Gasteiger partial charge in [-0.15, -0.1) is 0 Å². The molecule has 1 saturated carbocycles. The molecule has 2 heterocycles. The summed E-state index contributed by atoms with van der Waals surface area (Å²) in [6, 6.07) is 9.72. The molecule has 0 atom stereocenters. The van der Waals surface area contributed by atoms with E-state index < -0.39 is 0 Å². The van der Waals surface area contributed by atoms with Gasteiger partial charge in [0.1, 0.15) is 11.3 Å². The Labute approximate surface area is 180 Å². The summed E-state index contributed by atoms with van der Waals surface area (Å²) in [7, 11) is 0. The molecule has 0 radical (unpaired) electrons. The number of fused-ring (bicyclic) bond motifs is 2. The van der Waals surface area contributed by atoms with Crippen LogP contribution >= 0.6 is 11.6 Å². The second kappa shape index (κ2) is 7.85. The minimum atomic E-state index is -0.206. The molecule has 3 aromatic rings. The third-order valence-corrected chi connectivity index (χ3v) is 6.02. The van der Waals surface area contributed by atoms with Crippen LogP contribution in [0.15, 0.2) is 41.5 Å². The van der Waals surface area contributed by atoms with Gasteiger partial charge in [-0.25, -0.2) is 9.97 Å². The predicted molar refractivity (Wildman–Crippen MR) is 120 cm³/mol. The van der Waals surface area contributed by atoms with Gasteiger partial charge in [0, 0.05) is 40.0 Å². The van der Waals surface area contributed by atoms with E-state index in [1.807, 2.05) is 37.3 Å². The van der Waals surface area contributed by atoms with Crippen molar-refractivity contribution in [2.24, 2.45) is 4.99 Å². The monoisotopic (exact) mass is 422 g/mol. The number of aromatic nitrogens is 2. The molecule has 154 valence electrons. The fourth-order valence-corrected chi connectivity index (χ4v) is 4.41. The Morgan fingerprint density at radius 1 is 1.17 bits per heavy atom. The number of aliphatic hydroxyl groups is 1. The van der Waals surface area contributed by atoms with Crippen molar-refractivity contribution in [2.45, 2.75) is 51.2 Å². The molecule has 0 saturated heterocycles. The van der Waals surface area contributed by atoms with Crippen molar-refractivity contribution < 1.29 is 9.84 Å². The molecule has 1 aliphatic carbocycles. The second-order valence-electron chi connectivity index (χ2n) is 8.04. The zero-order chi connectivity index (χ0) is 20.7. The van der Waals surface area contributed by atoms with Crippen molar-refractivity contribution in [3.63, 3.8) is 0 Å². The molecule has 30 heavy (non-hydrogen) atoms. The van der Waals surface area contributed by atoms with E-state index in [0.29, 0.717) is 11.0 Å². The second-order valence-corrected chi connectivity index (χ2v) is 8.45. The van der Waals surface area contributed by atoms with Gasteiger partial charge >= 0.3 is 0 Å². The van der Waals surface area contributed by atoms with Crippen LogP contribution in [0.25, 0.3) is 10.9 Å². The van der Waals surface area contributed by atoms with E-state index in [0.717, 1.165) is 71.4 Å². The first-order valence-corrected chi connectivity index (χ1v) is 10.7. The molecule has 2 aliphatic rings. The van der Waals surface area contributed by atoms with Crippen molar-refractivity contribution in [3.8, 4) is 5.75 Å². The molecule has 2 N–H and O–H groups in total. The number of anilines is 2. The molecular weight excluding hydrogens is 400 g/mol. The maximum atomic E-state index is 9.73. The Bertz CT molecular complexity index is 1140. The SMILES string of the molecule is CC1=Nc2cc(Nc3ncc4cccc(OC5CCC(O)CC5)c4n3)cc(Cl)c2C1. The third-order valence-electron chi connectivity index (χ3n) is 5.68. The van der Waals surface area contributed by atoms with E-state index in [1.165, 1.54) is 0 Å². The largest absolute Gasteiger partial charge is 0.488 e. The zero-order valence-corrected chi connectivity index (χ0v) is 17.5. The normalized spacial score (nSPS) is 20.7. The first kappa shape index (κ1) is 19.3. The number of para-hydroxylation sites is 1. The maximum Gasteiger partial charge on any atom is 0.227 e. The van der Waals surface area contributed by atoms with E-state index in [9.17, 15) is 5.11 Å². The van der Waals surface area contributed by atoms with E-state index >= 15 is 0 Å². The van der Waals surface area contributed by atoms with Gasteiger partial charge in [-0.1, -0.05) is 23.7 Å². The number of benzene rings is 2. The smallest absolute Gasteiger partial charge is 0.227 e. The van der Waals surface area contributed by atoms with Crippen LogP contribution in [0.3, 0.4) is 0 Å². The molecule has 5 rings (SSSR count). The number of halogens is 1. The molecule has 1 aromatic heterocycles. The number of hydrogen-bond donors (Lipinski definition) is 2. The Hall–Kier alpha value is -2.70. The van der Waals surface area contributed by atoms with Crippen LogP contribution in [0.4, 0.5) is 17.3 Å². The van der Waals surface area contributed by atoms with Crippen LogP contribution in [0.1, 0.15) is 38.2 Å². The van der Waals surface area contributed by atoms with Crippen LogP contribution in [-0.4, -0.2) is 33.0 Å². The van der Waals surface area contributed by atoms with Gasteiger partial charge in [-0.05, 0) is 50.8 Å². The highest BCUT2D eigenvalue weighted by atomic mass is 35.5. The summed E-state index contributed by atoms with van der Waals surface area (Å²) >= 11 is 6.45. The average Bonchev–Trinajstić information content (AvgIpc) is 3.11. The van der Waals surface area contributed by atoms with E-state index in [2.05, 4.69) is 15.3 Å². The molecule has 0 amide bonds. The summed E-state index contributed by atoms with van der Waals surface area (Å²) < 4.78 is 6.25. The van der Waals surface area contributed by atoms with Gasteiger partial charge in [-0.2, -0.15) is 0 Å². The van der Waals surface area contributed by atoms with Crippen LogP contribution in [0.2, 0.25) is 5.02 Å². The lowest BCUT2D eigenvalue weighted by Gasteiger charge is -2.26. The molecule has 1 aliphatic heterocycles. The zero-order valence-electron chi connectivity index (χ0n) is 16.7. The quantitative estimate of drug-likeness (QED) is 0.591. The van der Waals surface area contributed by atoms with Gasteiger partial charge in [0.25, 0.3) is 0 Å². The van der Waals surface area contributed by atoms with Crippen LogP contribution in [0.5, 0.6) is 5.75 Å². The number of rotatable bonds is 4. The summed E-state index contributed by atoms with van der Waals surface area (Å²) in [5.74, 6) is 1.22. The minimum Gasteiger partial charge on any atom is -0.488 e. The molecule has 1 fully saturated rings. The highest BCUT2D eigenvalue weighted by Crippen LogP contribution is 2.37. The van der Waals surface area contributed by atoms with Crippen molar-refractivity contribution in [3.05, 3.63) is 47.1 Å². The van der Waals surface area contributed by atoms with Crippen molar-refractivity contribution in [1.82, 2.24) is 9.97 Å². The first-order chi connectivity index (χ1) is 14.5. The standard InChI is InChI=1S/C23H23ClN4O2/c1-13-9-18-19(24)10-15(11-20(18)26-13)27-23-25-12-14-3-2-4-21(22(14)28-23)30-17-7-5-16(29)6-8-17/h2-4,10-12,16-17,29H,5-9H2,1H3,(H,25,27,28). The number of aliphatic hydroxyl groups excluding tert-OH is 1. The third kappa shape index (κ3) is 3.85. The maximum absolute atomic E-state index is 9.73. The van der Waals surface area contributed by atoms with Gasteiger partial charge in [0.05, 0.1) is 17.9 Å². The number of aliphatic imine (C=N–C) groups is 1. The highest BCUT2D eigenvalue weighted by molar-refractivity contribution is 6.32. The van der Waals surface area contributed by atoms with Crippen LogP contribution in [0, 0.1) is 0 Å². The van der Waals surface area contributed by atoms with E-state index in [4.69, 9.17) is 21.3 Å². The predicted octanol–water partition coefficient (Wildman–Crippen LogP) is 5.36. The number of nitrogens with zero attached hydrogens (tertiary/aromatic N) is 3. The fraction of sp³-hybridized carbons (Fsp3) is 0.348. The fourth-order valence-electron chi connectivity index (χ4n) is 4.13. The lowest BCUT2D eigenvalue weighted by molar-refractivity contribution is 0.0672. The first-order valence-electron chi connectivity index (χ1n) is 10.3. The molecular formula is C23H23ClN4O2. The van der Waals surface area contributed by atoms with Crippen molar-refractivity contribution in [2.75, 3.05) is 5.32 Å². The molecule has 0 spiro atoms. The molecule has 0 unspecified atom stereocenters. The van der Waals surface area contributed by atoms with Gasteiger partial charge in [0.2, 0.25) is 5.95 Å². The number of nitrogens with one attached hydrogen (secondary N) is 1. The van der Waals surface area contributed by atoms with E-state index in [-0.39, 0.29) is 12.2 Å². The summed E-state index contributed by atoms with van der Waals surface area (Å²) in [6.07, 6.45) is 5.73. The van der Waals surface area contributed by atoms with Gasteiger partial charge < -0.3 is 15.2 Å². The Morgan fingerprint density at radius 3 is 2.83 bits per heavy atom. The van der Waals surface area contributed by atoms with Gasteiger partial charge in [-0.3, -0.25) is 4.99 Å². The number of hydrogen-bond acceptors (Lipinski definition) is 6. The van der Waals surface area contributed by atoms with Crippen molar-refractivity contribution in [1.29, 1.82) is 0 Å².